The summed E-state index contributed by atoms with van der Waals surface area (Å²) in [7, 11) is 0.713. The number of carbonyl (C=O) groups is 1. The maximum atomic E-state index is 13.7. The summed E-state index contributed by atoms with van der Waals surface area (Å²) in [5, 5.41) is 12.1. The Kier molecular flexibility index (Phi) is 12.4. The van der Waals surface area contributed by atoms with Crippen LogP contribution in [-0.2, 0) is 30.8 Å². The maximum Gasteiger partial charge on any atom is 0.338 e. The molecule has 1 N–H and O–H groups in total. The fraction of sp³-hybridized carbons (Fsp3) is 0.348. The molecule has 1 aliphatic heterocycles. The molecule has 0 aliphatic carbocycles. The van der Waals surface area contributed by atoms with Gasteiger partial charge in [0.25, 0.3) is 5.56 Å². The number of hydrogen-bond donors (Lipinski definition) is 1. The van der Waals surface area contributed by atoms with E-state index >= 15 is 0 Å². The molecular weight excluding hydrogens is 781 g/mol. The summed E-state index contributed by atoms with van der Waals surface area (Å²) < 4.78 is 40.3. The Morgan fingerprint density at radius 2 is 1.37 bits per heavy atom. The molecule has 314 valence electrons. The summed E-state index contributed by atoms with van der Waals surface area (Å²) >= 11 is 0. The average molecular weight is 833 g/mol. The van der Waals surface area contributed by atoms with Gasteiger partial charge in [-0.05, 0) is 71.2 Å². The molecule has 13 nitrogen and oxygen atoms in total. The Morgan fingerprint density at radius 3 is 1.93 bits per heavy atom. The summed E-state index contributed by atoms with van der Waals surface area (Å²) in [6.45, 7) is 10.6. The molecule has 0 saturated carbocycles. The zero-order valence-corrected chi connectivity index (χ0v) is 36.0. The molecule has 4 aromatic carbocycles. The SMILES string of the molecule is COc1ccc(C(OC[C@H]2O[C@@H](n3cnc4c(=O)n(CCOC(=O)c5ccccc5)cnc43)[C@H](O[Si](C)(C)C(C)(C)C)[C@@H]2O)(c2ccccc2)c2ccc(OC)cc2)cc1. The van der Waals surface area contributed by atoms with Gasteiger partial charge < -0.3 is 33.2 Å². The lowest BCUT2D eigenvalue weighted by Crippen LogP contribution is -2.49. The molecule has 1 aliphatic rings. The number of rotatable bonds is 15. The van der Waals surface area contributed by atoms with Crippen LogP contribution in [0.3, 0.4) is 0 Å². The van der Waals surface area contributed by atoms with Crippen LogP contribution in [0.25, 0.3) is 11.2 Å². The minimum atomic E-state index is -2.53. The van der Waals surface area contributed by atoms with E-state index in [-0.39, 0.29) is 36.0 Å². The van der Waals surface area contributed by atoms with Gasteiger partial charge in [0.15, 0.2) is 25.7 Å². The Labute approximate surface area is 350 Å². The maximum absolute atomic E-state index is 13.7. The highest BCUT2D eigenvalue weighted by Crippen LogP contribution is 2.45. The van der Waals surface area contributed by atoms with Crippen molar-refractivity contribution in [1.29, 1.82) is 0 Å². The van der Waals surface area contributed by atoms with Crippen molar-refractivity contribution in [2.75, 3.05) is 27.4 Å². The molecule has 7 rings (SSSR count). The summed E-state index contributed by atoms with van der Waals surface area (Å²) in [6.07, 6.45) is -0.943. The third kappa shape index (κ3) is 8.38. The monoisotopic (exact) mass is 832 g/mol. The molecule has 0 radical (unpaired) electrons. The van der Waals surface area contributed by atoms with Crippen molar-refractivity contribution in [1.82, 2.24) is 19.1 Å². The van der Waals surface area contributed by atoms with Crippen molar-refractivity contribution in [2.45, 2.75) is 75.6 Å². The van der Waals surface area contributed by atoms with E-state index in [1.165, 1.54) is 17.2 Å². The smallest absolute Gasteiger partial charge is 0.338 e. The molecule has 3 heterocycles. The van der Waals surface area contributed by atoms with Gasteiger partial charge in [0.1, 0.15) is 48.3 Å². The largest absolute Gasteiger partial charge is 0.497 e. The first kappa shape index (κ1) is 42.5. The zero-order chi connectivity index (χ0) is 42.7. The number of carbonyl (C=O) groups excluding carboxylic acids is 1. The molecule has 6 aromatic rings. The molecule has 0 amide bonds. The lowest BCUT2D eigenvalue weighted by Gasteiger charge is -2.40. The first-order chi connectivity index (χ1) is 28.8. The van der Waals surface area contributed by atoms with E-state index in [2.05, 4.69) is 43.8 Å². The minimum Gasteiger partial charge on any atom is -0.497 e. The number of ether oxygens (including phenoxy) is 5. The fourth-order valence-corrected chi connectivity index (χ4v) is 8.48. The molecule has 0 unspecified atom stereocenters. The molecule has 1 fully saturated rings. The lowest BCUT2D eigenvalue weighted by atomic mass is 9.80. The Balaban J connectivity index is 1.23. The van der Waals surface area contributed by atoms with Crippen molar-refractivity contribution in [3.8, 4) is 11.5 Å². The van der Waals surface area contributed by atoms with Gasteiger partial charge in [0.2, 0.25) is 0 Å². The van der Waals surface area contributed by atoms with Gasteiger partial charge in [-0.1, -0.05) is 93.6 Å². The number of aliphatic hydroxyl groups excluding tert-OH is 1. The quantitative estimate of drug-likeness (QED) is 0.0641. The van der Waals surface area contributed by atoms with Gasteiger partial charge in [-0.15, -0.1) is 0 Å². The number of nitrogens with zero attached hydrogens (tertiary/aromatic N) is 4. The van der Waals surface area contributed by atoms with Gasteiger partial charge in [0.05, 0.1) is 39.3 Å². The number of imidazole rings is 1. The van der Waals surface area contributed by atoms with Crippen molar-refractivity contribution in [3.05, 3.63) is 154 Å². The van der Waals surface area contributed by atoms with E-state index in [1.54, 1.807) is 43.1 Å². The van der Waals surface area contributed by atoms with Crippen LogP contribution < -0.4 is 15.0 Å². The first-order valence-corrected chi connectivity index (χ1v) is 22.8. The zero-order valence-electron chi connectivity index (χ0n) is 35.0. The van der Waals surface area contributed by atoms with E-state index < -0.39 is 50.0 Å². The highest BCUT2D eigenvalue weighted by atomic mass is 28.4. The summed E-state index contributed by atoms with van der Waals surface area (Å²) in [5.41, 5.74) is 1.70. The predicted octanol–water partition coefficient (Wildman–Crippen LogP) is 7.12. The van der Waals surface area contributed by atoms with Gasteiger partial charge in [0, 0.05) is 0 Å². The number of benzene rings is 4. The van der Waals surface area contributed by atoms with Crippen LogP contribution in [-0.4, -0.2) is 84.2 Å². The Morgan fingerprint density at radius 1 is 0.800 bits per heavy atom. The van der Waals surface area contributed by atoms with Crippen molar-refractivity contribution in [3.63, 3.8) is 0 Å². The van der Waals surface area contributed by atoms with Crippen LogP contribution in [0.4, 0.5) is 0 Å². The van der Waals surface area contributed by atoms with Crippen molar-refractivity contribution >= 4 is 25.5 Å². The molecule has 4 atom stereocenters. The molecule has 0 spiro atoms. The van der Waals surface area contributed by atoms with E-state index in [1.807, 2.05) is 84.9 Å². The molecule has 14 heteroatoms. The normalized spacial score (nSPS) is 18.4. The number of aliphatic hydroxyl groups is 1. The van der Waals surface area contributed by atoms with E-state index in [0.717, 1.165) is 16.7 Å². The second-order valence-corrected chi connectivity index (χ2v) is 21.0. The molecule has 2 aromatic heterocycles. The highest BCUT2D eigenvalue weighted by molar-refractivity contribution is 6.74. The van der Waals surface area contributed by atoms with Crippen molar-refractivity contribution in [2.24, 2.45) is 0 Å². The number of fused-ring (bicyclic) bond motifs is 1. The molecule has 60 heavy (non-hydrogen) atoms. The second kappa shape index (κ2) is 17.5. The van der Waals surface area contributed by atoms with Gasteiger partial charge in [-0.2, -0.15) is 0 Å². The lowest BCUT2D eigenvalue weighted by molar-refractivity contribution is -0.0940. The predicted molar refractivity (Wildman–Crippen MR) is 229 cm³/mol. The molecule has 0 bridgehead atoms. The Bertz CT molecular complexity index is 2390. The van der Waals surface area contributed by atoms with Crippen LogP contribution in [0.1, 0.15) is 54.0 Å². The summed E-state index contributed by atoms with van der Waals surface area (Å²) in [6, 6.07) is 34.0. The third-order valence-corrected chi connectivity index (χ3v) is 16.1. The topological polar surface area (TPSA) is 145 Å². The molecular formula is C46H52N4O9Si. The van der Waals surface area contributed by atoms with Crippen LogP contribution in [0.15, 0.2) is 127 Å². The number of hydrogen-bond acceptors (Lipinski definition) is 11. The number of aromatic nitrogens is 4. The number of esters is 1. The standard InChI is InChI=1S/C46H52N4O9Si/c1-45(2,3)60(6,7)59-40-39(51)37(58-43(40)50-30-47-38-41(50)48-29-49(42(38)52)26-27-56-44(53)31-14-10-8-11-15-31)28-57-46(32-16-12-9-13-17-32,33-18-22-35(54-4)23-19-33)34-20-24-36(55-5)25-21-34/h8-25,29-30,37,39-40,43,51H,26-28H2,1-7H3/t37-,39-,40-,43-/m1/s1. The molecule has 1 saturated heterocycles. The minimum absolute atomic E-state index is 0.0406. The van der Waals surface area contributed by atoms with Crippen LogP contribution in [0.5, 0.6) is 11.5 Å². The van der Waals surface area contributed by atoms with E-state index in [9.17, 15) is 14.7 Å². The highest BCUT2D eigenvalue weighted by Gasteiger charge is 2.52. The van der Waals surface area contributed by atoms with Gasteiger partial charge in [-0.25, -0.2) is 14.8 Å². The average Bonchev–Trinajstić information content (AvgIpc) is 3.82. The van der Waals surface area contributed by atoms with Crippen LogP contribution in [0.2, 0.25) is 18.1 Å². The van der Waals surface area contributed by atoms with E-state index in [4.69, 9.17) is 28.1 Å². The van der Waals surface area contributed by atoms with Crippen LogP contribution >= 0.6 is 0 Å². The Hall–Kier alpha value is -5.64. The van der Waals surface area contributed by atoms with E-state index in [0.29, 0.717) is 17.1 Å². The van der Waals surface area contributed by atoms with Gasteiger partial charge in [-0.3, -0.25) is 13.9 Å². The first-order valence-electron chi connectivity index (χ1n) is 19.9. The third-order valence-electron chi connectivity index (χ3n) is 11.6. The number of methoxy groups -OCH3 is 2. The summed E-state index contributed by atoms with van der Waals surface area (Å²) in [5.74, 6) is 0.898. The fourth-order valence-electron chi connectivity index (χ4n) is 7.19. The summed E-state index contributed by atoms with van der Waals surface area (Å²) in [4.78, 5) is 35.3. The second-order valence-electron chi connectivity index (χ2n) is 16.3. The van der Waals surface area contributed by atoms with Crippen molar-refractivity contribution < 1.29 is 38.0 Å². The van der Waals surface area contributed by atoms with Crippen LogP contribution in [0, 0.1) is 0 Å². The van der Waals surface area contributed by atoms with Gasteiger partial charge >= 0.3 is 5.97 Å².